The van der Waals surface area contributed by atoms with E-state index in [1.807, 2.05) is 0 Å². The van der Waals surface area contributed by atoms with Gasteiger partial charge in [-0.25, -0.2) is 13.6 Å². The van der Waals surface area contributed by atoms with E-state index in [4.69, 9.17) is 10.9 Å². The lowest BCUT2D eigenvalue weighted by Gasteiger charge is -2.17. The van der Waals surface area contributed by atoms with Gasteiger partial charge in [-0.15, -0.1) is 12.4 Å². The molecular formula is C14H22ClN3O3S. The molecule has 22 heavy (non-hydrogen) atoms. The molecule has 0 aliphatic heterocycles. The molecule has 1 aromatic rings. The standard InChI is InChI=1S/C14H21N3O3S.ClH/c15-8-11-4-2-6-13(11)14(18)17-12-5-1-3-10(7-12)9-21(16,19)20;/h1,3,5,7,11,13H,2,4,6,8-9,15H2,(H,17,18)(H2,16,19,20);1H/t11-,13-;/m1./s1. The second-order valence-corrected chi connectivity index (χ2v) is 7.14. The number of benzene rings is 1. The number of sulfonamides is 1. The first-order valence-corrected chi connectivity index (χ1v) is 8.71. The number of nitrogens with two attached hydrogens (primary N) is 2. The van der Waals surface area contributed by atoms with Crippen molar-refractivity contribution in [1.29, 1.82) is 0 Å². The Morgan fingerprint density at radius 2 is 2.05 bits per heavy atom. The van der Waals surface area contributed by atoms with Gasteiger partial charge in [0, 0.05) is 11.6 Å². The van der Waals surface area contributed by atoms with E-state index in [0.717, 1.165) is 19.3 Å². The predicted molar refractivity (Wildman–Crippen MR) is 89.0 cm³/mol. The van der Waals surface area contributed by atoms with Gasteiger partial charge < -0.3 is 11.1 Å². The molecule has 2 atom stereocenters. The zero-order chi connectivity index (χ0) is 15.5. The number of carbonyl (C=O) groups excluding carboxylic acids is 1. The summed E-state index contributed by atoms with van der Waals surface area (Å²) < 4.78 is 22.2. The van der Waals surface area contributed by atoms with Gasteiger partial charge in [0.1, 0.15) is 0 Å². The Morgan fingerprint density at radius 3 is 2.68 bits per heavy atom. The first-order valence-electron chi connectivity index (χ1n) is 6.99. The van der Waals surface area contributed by atoms with Crippen molar-refractivity contribution in [3.8, 4) is 0 Å². The van der Waals surface area contributed by atoms with Crippen molar-refractivity contribution in [1.82, 2.24) is 0 Å². The number of primary sulfonamides is 1. The van der Waals surface area contributed by atoms with Crippen LogP contribution in [0.15, 0.2) is 24.3 Å². The van der Waals surface area contributed by atoms with Crippen LogP contribution in [0.25, 0.3) is 0 Å². The van der Waals surface area contributed by atoms with E-state index in [-0.39, 0.29) is 35.9 Å². The van der Waals surface area contributed by atoms with Crippen molar-refractivity contribution in [2.75, 3.05) is 11.9 Å². The largest absolute Gasteiger partial charge is 0.330 e. The average molecular weight is 348 g/mol. The molecule has 1 aromatic carbocycles. The summed E-state index contributed by atoms with van der Waals surface area (Å²) in [7, 11) is -3.58. The van der Waals surface area contributed by atoms with Crippen LogP contribution in [0.5, 0.6) is 0 Å². The molecule has 0 unspecified atom stereocenters. The molecule has 1 fully saturated rings. The monoisotopic (exact) mass is 347 g/mol. The van der Waals surface area contributed by atoms with E-state index in [2.05, 4.69) is 5.32 Å². The summed E-state index contributed by atoms with van der Waals surface area (Å²) in [5.41, 5.74) is 6.83. The van der Waals surface area contributed by atoms with E-state index in [9.17, 15) is 13.2 Å². The predicted octanol–water partition coefficient (Wildman–Crippen LogP) is 1.21. The summed E-state index contributed by atoms with van der Waals surface area (Å²) in [6, 6.07) is 6.73. The molecule has 5 N–H and O–H groups in total. The van der Waals surface area contributed by atoms with Gasteiger partial charge in [0.2, 0.25) is 15.9 Å². The molecule has 0 radical (unpaired) electrons. The van der Waals surface area contributed by atoms with Crippen LogP contribution in [0, 0.1) is 11.8 Å². The normalized spacial score (nSPS) is 21.2. The van der Waals surface area contributed by atoms with E-state index in [0.29, 0.717) is 17.8 Å². The zero-order valence-corrected chi connectivity index (χ0v) is 13.8. The van der Waals surface area contributed by atoms with Gasteiger partial charge in [-0.1, -0.05) is 18.6 Å². The summed E-state index contributed by atoms with van der Waals surface area (Å²) in [5, 5.41) is 7.87. The third kappa shape index (κ3) is 5.24. The van der Waals surface area contributed by atoms with Crippen LogP contribution in [-0.2, 0) is 20.6 Å². The number of hydrogen-bond donors (Lipinski definition) is 3. The van der Waals surface area contributed by atoms with Gasteiger partial charge in [-0.2, -0.15) is 0 Å². The fourth-order valence-corrected chi connectivity index (χ4v) is 3.51. The van der Waals surface area contributed by atoms with Crippen molar-refractivity contribution >= 4 is 34.0 Å². The Labute approximate surface area is 137 Å². The smallest absolute Gasteiger partial charge is 0.227 e. The molecule has 1 aliphatic rings. The summed E-state index contributed by atoms with van der Waals surface area (Å²) in [6.45, 7) is 0.517. The van der Waals surface area contributed by atoms with E-state index >= 15 is 0 Å². The first kappa shape index (κ1) is 18.9. The lowest BCUT2D eigenvalue weighted by Crippen LogP contribution is -2.29. The molecule has 8 heteroatoms. The molecular weight excluding hydrogens is 326 g/mol. The number of halogens is 1. The third-order valence-corrected chi connectivity index (χ3v) is 4.60. The number of carbonyl (C=O) groups is 1. The molecule has 1 amide bonds. The van der Waals surface area contributed by atoms with Gasteiger partial charge >= 0.3 is 0 Å². The Kier molecular flexibility index (Phi) is 6.80. The molecule has 6 nitrogen and oxygen atoms in total. The van der Waals surface area contributed by atoms with Crippen molar-refractivity contribution in [2.45, 2.75) is 25.0 Å². The molecule has 0 aromatic heterocycles. The van der Waals surface area contributed by atoms with Crippen molar-refractivity contribution in [3.05, 3.63) is 29.8 Å². The molecule has 0 bridgehead atoms. The summed E-state index contributed by atoms with van der Waals surface area (Å²) in [4.78, 5) is 12.3. The fraction of sp³-hybridized carbons (Fsp3) is 0.500. The quantitative estimate of drug-likeness (QED) is 0.742. The highest BCUT2D eigenvalue weighted by Gasteiger charge is 2.31. The maximum absolute atomic E-state index is 12.3. The van der Waals surface area contributed by atoms with Gasteiger partial charge in [0.15, 0.2) is 0 Å². The summed E-state index contributed by atoms with van der Waals surface area (Å²) in [5.74, 6) is -0.115. The van der Waals surface area contributed by atoms with Crippen LogP contribution in [-0.4, -0.2) is 20.9 Å². The van der Waals surface area contributed by atoms with Gasteiger partial charge in [-0.05, 0) is 43.0 Å². The Bertz CT molecular complexity index is 622. The van der Waals surface area contributed by atoms with Crippen LogP contribution in [0.3, 0.4) is 0 Å². The highest BCUT2D eigenvalue weighted by atomic mass is 35.5. The minimum atomic E-state index is -3.58. The Morgan fingerprint density at radius 1 is 1.32 bits per heavy atom. The van der Waals surface area contributed by atoms with E-state index < -0.39 is 10.0 Å². The van der Waals surface area contributed by atoms with Gasteiger partial charge in [0.05, 0.1) is 5.75 Å². The fourth-order valence-electron chi connectivity index (χ4n) is 2.87. The van der Waals surface area contributed by atoms with Crippen molar-refractivity contribution in [2.24, 2.45) is 22.7 Å². The molecule has 1 aliphatic carbocycles. The molecule has 0 spiro atoms. The second kappa shape index (κ2) is 7.92. The topological polar surface area (TPSA) is 115 Å². The lowest BCUT2D eigenvalue weighted by molar-refractivity contribution is -0.120. The van der Waals surface area contributed by atoms with E-state index in [1.54, 1.807) is 24.3 Å². The first-order chi connectivity index (χ1) is 9.89. The van der Waals surface area contributed by atoms with Crippen molar-refractivity contribution < 1.29 is 13.2 Å². The van der Waals surface area contributed by atoms with Crippen LogP contribution in [0.2, 0.25) is 0 Å². The van der Waals surface area contributed by atoms with Crippen LogP contribution in [0.1, 0.15) is 24.8 Å². The number of amides is 1. The summed E-state index contributed by atoms with van der Waals surface area (Å²) in [6.07, 6.45) is 2.86. The maximum atomic E-state index is 12.3. The SMILES string of the molecule is Cl.NC[C@H]1CCC[C@H]1C(=O)Nc1cccc(CS(N)(=O)=O)c1. The Hall–Kier alpha value is -1.15. The molecule has 0 heterocycles. The third-order valence-electron chi connectivity index (χ3n) is 3.86. The highest BCUT2D eigenvalue weighted by molar-refractivity contribution is 7.88. The number of anilines is 1. The lowest BCUT2D eigenvalue weighted by atomic mass is 9.95. The highest BCUT2D eigenvalue weighted by Crippen LogP contribution is 2.31. The van der Waals surface area contributed by atoms with Gasteiger partial charge in [-0.3, -0.25) is 4.79 Å². The molecule has 2 rings (SSSR count). The minimum absolute atomic E-state index is 0. The zero-order valence-electron chi connectivity index (χ0n) is 12.2. The molecule has 124 valence electrons. The molecule has 1 saturated carbocycles. The van der Waals surface area contributed by atoms with E-state index in [1.165, 1.54) is 0 Å². The summed E-state index contributed by atoms with van der Waals surface area (Å²) >= 11 is 0. The average Bonchev–Trinajstić information content (AvgIpc) is 2.85. The maximum Gasteiger partial charge on any atom is 0.227 e. The van der Waals surface area contributed by atoms with Gasteiger partial charge in [0.25, 0.3) is 0 Å². The molecule has 0 saturated heterocycles. The van der Waals surface area contributed by atoms with Crippen LogP contribution < -0.4 is 16.2 Å². The van der Waals surface area contributed by atoms with Crippen LogP contribution >= 0.6 is 12.4 Å². The minimum Gasteiger partial charge on any atom is -0.330 e. The second-order valence-electron chi connectivity index (χ2n) is 5.53. The van der Waals surface area contributed by atoms with Crippen molar-refractivity contribution in [3.63, 3.8) is 0 Å². The number of nitrogens with one attached hydrogen (secondary N) is 1. The Balaban J connectivity index is 0.00000242. The number of hydrogen-bond acceptors (Lipinski definition) is 4. The van der Waals surface area contributed by atoms with Crippen LogP contribution in [0.4, 0.5) is 5.69 Å². The number of rotatable bonds is 5.